The number of nitrogens with zero attached hydrogens (tertiary/aromatic N) is 4. The summed E-state index contributed by atoms with van der Waals surface area (Å²) in [5.74, 6) is 0.974. The molecule has 1 aliphatic heterocycles. The Kier molecular flexibility index (Phi) is 10.7. The molecule has 1 fully saturated rings. The molecular weight excluding hydrogens is 474 g/mol. The third-order valence-electron chi connectivity index (χ3n) is 6.24. The maximum absolute atomic E-state index is 6.15. The van der Waals surface area contributed by atoms with Crippen molar-refractivity contribution in [3.05, 3.63) is 24.0 Å². The SMILES string of the molecule is C[Si](C)(C)CCOCN(COCC[Si](C)(C)C)c1cc(CCNC2CCOCC2)nc2ccnn12. The van der Waals surface area contributed by atoms with Crippen LogP contribution < -0.4 is 10.2 Å². The van der Waals surface area contributed by atoms with Gasteiger partial charge in [-0.15, -0.1) is 0 Å². The molecule has 198 valence electrons. The van der Waals surface area contributed by atoms with Gasteiger partial charge in [-0.2, -0.15) is 9.61 Å². The summed E-state index contributed by atoms with van der Waals surface area (Å²) < 4.78 is 19.7. The Morgan fingerprint density at radius 2 is 1.66 bits per heavy atom. The molecule has 1 N–H and O–H groups in total. The first-order valence-corrected chi connectivity index (χ1v) is 20.6. The minimum Gasteiger partial charge on any atom is -0.381 e. The number of aromatic nitrogens is 3. The highest BCUT2D eigenvalue weighted by Gasteiger charge is 2.18. The van der Waals surface area contributed by atoms with Gasteiger partial charge in [-0.05, 0) is 24.9 Å². The molecule has 3 rings (SSSR count). The Hall–Kier alpha value is -1.31. The molecule has 2 aromatic heterocycles. The molecule has 0 atom stereocenters. The van der Waals surface area contributed by atoms with E-state index in [2.05, 4.69) is 60.7 Å². The highest BCUT2D eigenvalue weighted by atomic mass is 28.3. The number of hydrogen-bond acceptors (Lipinski definition) is 7. The average molecular weight is 522 g/mol. The summed E-state index contributed by atoms with van der Waals surface area (Å²) in [5, 5.41) is 8.23. The Bertz CT molecular complexity index is 869. The van der Waals surface area contributed by atoms with E-state index in [1.165, 1.54) is 0 Å². The van der Waals surface area contributed by atoms with Gasteiger partial charge < -0.3 is 24.4 Å². The van der Waals surface area contributed by atoms with Crippen LogP contribution in [-0.2, 0) is 20.6 Å². The summed E-state index contributed by atoms with van der Waals surface area (Å²) in [7, 11) is -2.29. The molecule has 0 saturated carbocycles. The van der Waals surface area contributed by atoms with Crippen molar-refractivity contribution in [3.63, 3.8) is 0 Å². The number of ether oxygens (including phenoxy) is 3. The summed E-state index contributed by atoms with van der Waals surface area (Å²) in [5.41, 5.74) is 1.92. The van der Waals surface area contributed by atoms with Crippen molar-refractivity contribution in [2.24, 2.45) is 0 Å². The van der Waals surface area contributed by atoms with Crippen LogP contribution in [0, 0.1) is 0 Å². The summed E-state index contributed by atoms with van der Waals surface area (Å²) in [6.45, 7) is 19.4. The summed E-state index contributed by atoms with van der Waals surface area (Å²) in [6, 6.07) is 6.95. The van der Waals surface area contributed by atoms with Crippen LogP contribution in [0.4, 0.5) is 5.82 Å². The van der Waals surface area contributed by atoms with Crippen LogP contribution in [0.2, 0.25) is 51.4 Å². The molecule has 0 unspecified atom stereocenters. The number of fused-ring (bicyclic) bond motifs is 1. The molecule has 1 saturated heterocycles. The Labute approximate surface area is 213 Å². The third-order valence-corrected chi connectivity index (χ3v) is 9.65. The van der Waals surface area contributed by atoms with Crippen molar-refractivity contribution in [2.75, 3.05) is 51.3 Å². The van der Waals surface area contributed by atoms with Gasteiger partial charge in [0, 0.05) is 79.4 Å². The second-order valence-corrected chi connectivity index (χ2v) is 23.3. The fourth-order valence-electron chi connectivity index (χ4n) is 3.88. The fourth-order valence-corrected chi connectivity index (χ4v) is 5.40. The summed E-state index contributed by atoms with van der Waals surface area (Å²) >= 11 is 0. The van der Waals surface area contributed by atoms with E-state index in [1.807, 2.05) is 16.8 Å². The second-order valence-electron chi connectivity index (χ2n) is 12.0. The number of anilines is 1. The first-order chi connectivity index (χ1) is 16.6. The number of hydrogen-bond donors (Lipinski definition) is 1. The van der Waals surface area contributed by atoms with Gasteiger partial charge in [-0.3, -0.25) is 0 Å². The van der Waals surface area contributed by atoms with E-state index in [0.717, 1.165) is 81.5 Å². The van der Waals surface area contributed by atoms with E-state index in [0.29, 0.717) is 19.5 Å². The van der Waals surface area contributed by atoms with Gasteiger partial charge in [-0.25, -0.2) is 4.98 Å². The first kappa shape index (κ1) is 28.3. The molecule has 35 heavy (non-hydrogen) atoms. The van der Waals surface area contributed by atoms with Crippen molar-refractivity contribution in [1.82, 2.24) is 19.9 Å². The largest absolute Gasteiger partial charge is 0.381 e. The highest BCUT2D eigenvalue weighted by molar-refractivity contribution is 6.76. The maximum Gasteiger partial charge on any atom is 0.157 e. The zero-order valence-electron chi connectivity index (χ0n) is 22.8. The van der Waals surface area contributed by atoms with Crippen molar-refractivity contribution in [1.29, 1.82) is 0 Å². The zero-order valence-corrected chi connectivity index (χ0v) is 24.8. The number of nitrogens with one attached hydrogen (secondary N) is 1. The van der Waals surface area contributed by atoms with Gasteiger partial charge in [0.2, 0.25) is 0 Å². The van der Waals surface area contributed by atoms with Crippen LogP contribution in [0.1, 0.15) is 18.5 Å². The van der Waals surface area contributed by atoms with E-state index in [4.69, 9.17) is 19.2 Å². The van der Waals surface area contributed by atoms with Gasteiger partial charge in [0.15, 0.2) is 5.65 Å². The molecule has 1 aliphatic rings. The molecule has 0 spiro atoms. The van der Waals surface area contributed by atoms with Gasteiger partial charge in [0.05, 0.1) is 6.20 Å². The van der Waals surface area contributed by atoms with Crippen LogP contribution in [0.25, 0.3) is 5.65 Å². The lowest BCUT2D eigenvalue weighted by Gasteiger charge is -2.27. The number of rotatable bonds is 15. The average Bonchev–Trinajstić information content (AvgIpc) is 3.26. The Morgan fingerprint density at radius 3 is 2.26 bits per heavy atom. The van der Waals surface area contributed by atoms with Crippen molar-refractivity contribution < 1.29 is 14.2 Å². The molecule has 2 aromatic rings. The molecule has 0 aromatic carbocycles. The van der Waals surface area contributed by atoms with Crippen LogP contribution in [0.5, 0.6) is 0 Å². The fraction of sp³-hybridized carbons (Fsp3) is 0.760. The molecule has 8 nitrogen and oxygen atoms in total. The monoisotopic (exact) mass is 521 g/mol. The molecule has 0 radical (unpaired) electrons. The van der Waals surface area contributed by atoms with E-state index >= 15 is 0 Å². The van der Waals surface area contributed by atoms with E-state index in [9.17, 15) is 0 Å². The normalized spacial score (nSPS) is 15.7. The molecule has 0 aliphatic carbocycles. The lowest BCUT2D eigenvalue weighted by molar-refractivity contribution is 0.0782. The van der Waals surface area contributed by atoms with E-state index < -0.39 is 16.1 Å². The Balaban J connectivity index is 1.69. The molecule has 0 amide bonds. The van der Waals surface area contributed by atoms with Crippen LogP contribution >= 0.6 is 0 Å². The van der Waals surface area contributed by atoms with E-state index in [1.54, 1.807) is 0 Å². The predicted molar refractivity (Wildman–Crippen MR) is 149 cm³/mol. The quantitative estimate of drug-likeness (QED) is 0.211. The molecular formula is C25H47N5O3Si2. The van der Waals surface area contributed by atoms with Crippen molar-refractivity contribution >= 4 is 27.6 Å². The topological polar surface area (TPSA) is 73.2 Å². The highest BCUT2D eigenvalue weighted by Crippen LogP contribution is 2.19. The van der Waals surface area contributed by atoms with Gasteiger partial charge >= 0.3 is 0 Å². The minimum absolute atomic E-state index is 0.482. The van der Waals surface area contributed by atoms with Crippen LogP contribution in [0.15, 0.2) is 18.3 Å². The molecule has 0 bridgehead atoms. The van der Waals surface area contributed by atoms with Crippen molar-refractivity contribution in [2.45, 2.75) is 76.7 Å². The molecule has 3 heterocycles. The zero-order chi connectivity index (χ0) is 25.3. The lowest BCUT2D eigenvalue weighted by Crippen LogP contribution is -2.36. The third kappa shape index (κ3) is 10.3. The van der Waals surface area contributed by atoms with Gasteiger partial charge in [-0.1, -0.05) is 39.3 Å². The smallest absolute Gasteiger partial charge is 0.157 e. The standard InChI is InChI=1S/C25H47N5O3Si2/c1-34(2,3)17-15-32-20-29(21-33-16-18-35(4,5)6)25-19-23(28-24-8-12-27-30(24)25)7-11-26-22-9-13-31-14-10-22/h8,12,19,22,26H,7,9-11,13-18,20-21H2,1-6H3. The summed E-state index contributed by atoms with van der Waals surface area (Å²) in [6.07, 6.45) is 4.84. The lowest BCUT2D eigenvalue weighted by atomic mass is 10.1. The van der Waals surface area contributed by atoms with Crippen LogP contribution in [0.3, 0.4) is 0 Å². The molecule has 10 heteroatoms. The second kappa shape index (κ2) is 13.3. The summed E-state index contributed by atoms with van der Waals surface area (Å²) in [4.78, 5) is 7.02. The van der Waals surface area contributed by atoms with Crippen molar-refractivity contribution in [3.8, 4) is 0 Å². The van der Waals surface area contributed by atoms with Crippen LogP contribution in [-0.4, -0.2) is 83.2 Å². The maximum atomic E-state index is 6.15. The van der Waals surface area contributed by atoms with E-state index in [-0.39, 0.29) is 0 Å². The van der Waals surface area contributed by atoms with Gasteiger partial charge in [0.1, 0.15) is 19.3 Å². The first-order valence-electron chi connectivity index (χ1n) is 13.2. The Morgan fingerprint density at radius 1 is 1.03 bits per heavy atom. The minimum atomic E-state index is -1.14. The predicted octanol–water partition coefficient (Wildman–Crippen LogP) is 4.47. The van der Waals surface area contributed by atoms with Gasteiger partial charge in [0.25, 0.3) is 0 Å².